The van der Waals surface area contributed by atoms with Crippen LogP contribution in [0.2, 0.25) is 0 Å². The summed E-state index contributed by atoms with van der Waals surface area (Å²) in [7, 11) is 0. The molecule has 0 unspecified atom stereocenters. The molecule has 0 N–H and O–H groups in total. The Morgan fingerprint density at radius 3 is 2.75 bits per heavy atom. The quantitative estimate of drug-likeness (QED) is 0.773. The van der Waals surface area contributed by atoms with Crippen molar-refractivity contribution in [2.45, 2.75) is 45.6 Å². The van der Waals surface area contributed by atoms with E-state index < -0.39 is 0 Å². The van der Waals surface area contributed by atoms with Gasteiger partial charge in [-0.15, -0.1) is 0 Å². The number of rotatable bonds is 6. The Kier molecular flexibility index (Phi) is 5.81. The van der Waals surface area contributed by atoms with Gasteiger partial charge < -0.3 is 9.80 Å². The fourth-order valence-electron chi connectivity index (χ4n) is 4.92. The maximum absolute atomic E-state index is 12.7. The maximum Gasteiger partial charge on any atom is 0.244 e. The summed E-state index contributed by atoms with van der Waals surface area (Å²) in [6.07, 6.45) is 7.92. The zero-order chi connectivity index (χ0) is 19.4. The fraction of sp³-hybridized carbons (Fsp3) is 0.565. The average molecular weight is 381 g/mol. The minimum Gasteiger partial charge on any atom is -0.340 e. The maximum atomic E-state index is 12.7. The Balaban J connectivity index is 1.27. The van der Waals surface area contributed by atoms with Gasteiger partial charge in [0.2, 0.25) is 5.91 Å². The second-order valence-electron chi connectivity index (χ2n) is 8.69. The van der Waals surface area contributed by atoms with E-state index in [1.54, 1.807) is 4.68 Å². The molecule has 2 aliphatic heterocycles. The molecule has 1 atom stereocenters. The first-order chi connectivity index (χ1) is 13.6. The standard InChI is InChI=1S/C23H32N4O/c1-20-10-15-27(24-20)17-22(28)26-16-12-23(19-26)11-6-14-25(18-23)13-5-9-21-7-3-2-4-8-21/h2-4,7-8,10,15H,5-6,9,11-14,16-19H2,1H3/t23-/m1/s1. The molecule has 150 valence electrons. The zero-order valence-corrected chi connectivity index (χ0v) is 17.0. The van der Waals surface area contributed by atoms with Crippen molar-refractivity contribution in [1.82, 2.24) is 19.6 Å². The highest BCUT2D eigenvalue weighted by molar-refractivity contribution is 5.76. The molecule has 28 heavy (non-hydrogen) atoms. The molecule has 1 amide bonds. The Bertz CT molecular complexity index is 787. The van der Waals surface area contributed by atoms with E-state index in [4.69, 9.17) is 0 Å². The summed E-state index contributed by atoms with van der Waals surface area (Å²) in [6.45, 7) is 7.66. The van der Waals surface area contributed by atoms with E-state index in [9.17, 15) is 4.79 Å². The molecule has 2 aromatic rings. The van der Waals surface area contributed by atoms with Crippen LogP contribution in [0.3, 0.4) is 0 Å². The lowest BCUT2D eigenvalue weighted by atomic mass is 9.79. The van der Waals surface area contributed by atoms with Gasteiger partial charge in [-0.05, 0) is 63.7 Å². The highest BCUT2D eigenvalue weighted by Gasteiger charge is 2.42. The van der Waals surface area contributed by atoms with Gasteiger partial charge in [0.1, 0.15) is 6.54 Å². The minimum atomic E-state index is 0.209. The number of amides is 1. The van der Waals surface area contributed by atoms with E-state index in [0.29, 0.717) is 12.0 Å². The van der Waals surface area contributed by atoms with Crippen LogP contribution in [0.25, 0.3) is 0 Å². The number of aromatic nitrogens is 2. The molecule has 0 bridgehead atoms. The summed E-state index contributed by atoms with van der Waals surface area (Å²) in [6, 6.07) is 12.7. The van der Waals surface area contributed by atoms with Crippen molar-refractivity contribution in [1.29, 1.82) is 0 Å². The van der Waals surface area contributed by atoms with Crippen LogP contribution < -0.4 is 0 Å². The molecule has 3 heterocycles. The number of hydrogen-bond donors (Lipinski definition) is 0. The van der Waals surface area contributed by atoms with Crippen LogP contribution in [0.4, 0.5) is 0 Å². The predicted octanol–water partition coefficient (Wildman–Crippen LogP) is 3.14. The van der Waals surface area contributed by atoms with Crippen molar-refractivity contribution in [3.8, 4) is 0 Å². The van der Waals surface area contributed by atoms with Crippen molar-refractivity contribution in [2.24, 2.45) is 5.41 Å². The molecule has 4 rings (SSSR count). The summed E-state index contributed by atoms with van der Waals surface area (Å²) in [5.41, 5.74) is 2.70. The SMILES string of the molecule is Cc1ccn(CC(=O)N2CC[C@@]3(CCCN(CCCc4ccccc4)C3)C2)n1. The monoisotopic (exact) mass is 380 g/mol. The van der Waals surface area contributed by atoms with Gasteiger partial charge in [-0.1, -0.05) is 30.3 Å². The highest BCUT2D eigenvalue weighted by Crippen LogP contribution is 2.39. The minimum absolute atomic E-state index is 0.209. The highest BCUT2D eigenvalue weighted by atomic mass is 16.2. The fourth-order valence-corrected chi connectivity index (χ4v) is 4.92. The van der Waals surface area contributed by atoms with Crippen LogP contribution in [-0.4, -0.2) is 58.2 Å². The molecular formula is C23H32N4O. The van der Waals surface area contributed by atoms with E-state index in [1.165, 1.54) is 31.4 Å². The average Bonchev–Trinajstić information content (AvgIpc) is 3.29. The zero-order valence-electron chi connectivity index (χ0n) is 17.0. The van der Waals surface area contributed by atoms with Crippen LogP contribution in [0, 0.1) is 12.3 Å². The van der Waals surface area contributed by atoms with Crippen LogP contribution in [0.5, 0.6) is 0 Å². The molecule has 0 aliphatic carbocycles. The molecule has 0 saturated carbocycles. The Morgan fingerprint density at radius 2 is 1.96 bits per heavy atom. The van der Waals surface area contributed by atoms with Gasteiger partial charge in [-0.25, -0.2) is 0 Å². The number of likely N-dealkylation sites (tertiary alicyclic amines) is 2. The number of aryl methyl sites for hydroxylation is 2. The topological polar surface area (TPSA) is 41.4 Å². The third-order valence-corrected chi connectivity index (χ3v) is 6.39. The van der Waals surface area contributed by atoms with Gasteiger partial charge in [0.15, 0.2) is 0 Å². The van der Waals surface area contributed by atoms with Gasteiger partial charge in [-0.2, -0.15) is 5.10 Å². The summed E-state index contributed by atoms with van der Waals surface area (Å²) in [4.78, 5) is 17.4. The van der Waals surface area contributed by atoms with Gasteiger partial charge in [-0.3, -0.25) is 9.48 Å². The predicted molar refractivity (Wildman–Crippen MR) is 111 cm³/mol. The van der Waals surface area contributed by atoms with E-state index in [-0.39, 0.29) is 5.91 Å². The molecule has 2 saturated heterocycles. The molecule has 5 heteroatoms. The number of piperidine rings is 1. The largest absolute Gasteiger partial charge is 0.340 e. The van der Waals surface area contributed by atoms with Gasteiger partial charge in [0, 0.05) is 31.2 Å². The van der Waals surface area contributed by atoms with Crippen molar-refractivity contribution in [3.05, 3.63) is 53.9 Å². The number of benzene rings is 1. The van der Waals surface area contributed by atoms with Crippen molar-refractivity contribution in [3.63, 3.8) is 0 Å². The van der Waals surface area contributed by atoms with E-state index in [1.807, 2.05) is 19.2 Å². The smallest absolute Gasteiger partial charge is 0.244 e. The van der Waals surface area contributed by atoms with E-state index in [0.717, 1.165) is 44.7 Å². The van der Waals surface area contributed by atoms with Gasteiger partial charge in [0.05, 0.1) is 5.69 Å². The molecule has 1 aromatic carbocycles. The number of hydrogen-bond acceptors (Lipinski definition) is 3. The number of carbonyl (C=O) groups excluding carboxylic acids is 1. The number of nitrogens with zero attached hydrogens (tertiary/aromatic N) is 4. The second kappa shape index (κ2) is 8.48. The van der Waals surface area contributed by atoms with Crippen LogP contribution in [0.15, 0.2) is 42.6 Å². The number of carbonyl (C=O) groups is 1. The molecule has 1 aromatic heterocycles. The van der Waals surface area contributed by atoms with E-state index in [2.05, 4.69) is 45.2 Å². The Labute approximate surface area is 168 Å². The third-order valence-electron chi connectivity index (χ3n) is 6.39. The lowest BCUT2D eigenvalue weighted by Crippen LogP contribution is -2.46. The Morgan fingerprint density at radius 1 is 1.11 bits per heavy atom. The Hall–Kier alpha value is -2.14. The second-order valence-corrected chi connectivity index (χ2v) is 8.69. The molecular weight excluding hydrogens is 348 g/mol. The summed E-state index contributed by atoms with van der Waals surface area (Å²) < 4.78 is 1.76. The molecule has 2 fully saturated rings. The molecule has 0 radical (unpaired) electrons. The van der Waals surface area contributed by atoms with Crippen LogP contribution in [0.1, 0.15) is 36.9 Å². The van der Waals surface area contributed by atoms with Crippen LogP contribution in [-0.2, 0) is 17.8 Å². The third kappa shape index (κ3) is 4.64. The first-order valence-electron chi connectivity index (χ1n) is 10.7. The van der Waals surface area contributed by atoms with Gasteiger partial charge in [0.25, 0.3) is 0 Å². The summed E-state index contributed by atoms with van der Waals surface area (Å²) in [5.74, 6) is 0.209. The normalized spacial score (nSPS) is 22.8. The molecule has 2 aliphatic rings. The van der Waals surface area contributed by atoms with Crippen molar-refractivity contribution in [2.75, 3.05) is 32.7 Å². The van der Waals surface area contributed by atoms with Crippen molar-refractivity contribution >= 4 is 5.91 Å². The van der Waals surface area contributed by atoms with Gasteiger partial charge >= 0.3 is 0 Å². The first-order valence-corrected chi connectivity index (χ1v) is 10.7. The molecule has 1 spiro atoms. The molecule has 5 nitrogen and oxygen atoms in total. The first kappa shape index (κ1) is 19.2. The lowest BCUT2D eigenvalue weighted by Gasteiger charge is -2.40. The lowest BCUT2D eigenvalue weighted by molar-refractivity contribution is -0.131. The van der Waals surface area contributed by atoms with E-state index >= 15 is 0 Å². The summed E-state index contributed by atoms with van der Waals surface area (Å²) in [5, 5.41) is 4.36. The van der Waals surface area contributed by atoms with Crippen molar-refractivity contribution < 1.29 is 4.79 Å². The van der Waals surface area contributed by atoms with Crippen LogP contribution >= 0.6 is 0 Å². The summed E-state index contributed by atoms with van der Waals surface area (Å²) >= 11 is 0.